The van der Waals surface area contributed by atoms with Crippen molar-refractivity contribution in [3.05, 3.63) is 70.6 Å². The van der Waals surface area contributed by atoms with Crippen LogP contribution < -0.4 is 5.48 Å². The van der Waals surface area contributed by atoms with Crippen molar-refractivity contribution in [1.82, 2.24) is 10.4 Å². The highest BCUT2D eigenvalue weighted by atomic mass is 32.1. The van der Waals surface area contributed by atoms with Gasteiger partial charge in [0.05, 0.1) is 4.88 Å². The maximum Gasteiger partial charge on any atom is 0.284 e. The van der Waals surface area contributed by atoms with E-state index in [1.165, 1.54) is 22.5 Å². The zero-order chi connectivity index (χ0) is 17.6. The summed E-state index contributed by atoms with van der Waals surface area (Å²) in [5, 5.41) is 9.78. The minimum atomic E-state index is -0.458. The lowest BCUT2D eigenvalue weighted by molar-refractivity contribution is 0.0711. The van der Waals surface area contributed by atoms with E-state index in [0.29, 0.717) is 4.88 Å². The first-order valence-corrected chi connectivity index (χ1v) is 9.17. The summed E-state index contributed by atoms with van der Waals surface area (Å²) in [6, 6.07) is 18.6. The second-order valence-corrected chi connectivity index (χ2v) is 7.33. The Hall–Kier alpha value is -2.21. The molecule has 0 saturated carbocycles. The number of nitrogens with zero attached hydrogens (tertiary/aromatic N) is 1. The molecule has 3 aromatic rings. The smallest absolute Gasteiger partial charge is 0.284 e. The molecule has 0 saturated heterocycles. The van der Waals surface area contributed by atoms with Crippen LogP contribution in [0.5, 0.6) is 0 Å². The third-order valence-corrected chi connectivity index (χ3v) is 5.31. The lowest BCUT2D eigenvalue weighted by atomic mass is 10.1. The maximum atomic E-state index is 11.5. The fraction of sp³-hybridized carbons (Fsp3) is 0.250. The van der Waals surface area contributed by atoms with Crippen molar-refractivity contribution in [2.75, 3.05) is 13.6 Å². The van der Waals surface area contributed by atoms with Crippen LogP contribution in [0, 0.1) is 0 Å². The molecule has 2 N–H and O–H groups in total. The summed E-state index contributed by atoms with van der Waals surface area (Å²) in [6.07, 6.45) is 2.22. The molecular weight excluding hydrogens is 332 g/mol. The fourth-order valence-corrected chi connectivity index (χ4v) is 3.95. The number of rotatable bonds is 7. The lowest BCUT2D eigenvalue weighted by Crippen LogP contribution is -2.19. The molecule has 2 aromatic carbocycles. The quantitative estimate of drug-likeness (QED) is 0.496. The molecule has 0 fully saturated rings. The van der Waals surface area contributed by atoms with Crippen molar-refractivity contribution >= 4 is 27.3 Å². The van der Waals surface area contributed by atoms with Gasteiger partial charge in [-0.05, 0) is 55.1 Å². The van der Waals surface area contributed by atoms with Gasteiger partial charge in [0.25, 0.3) is 5.91 Å². The zero-order valence-electron chi connectivity index (χ0n) is 14.2. The fourth-order valence-electron chi connectivity index (χ4n) is 2.93. The molecule has 1 aromatic heterocycles. The van der Waals surface area contributed by atoms with Crippen LogP contribution in [0.1, 0.15) is 27.2 Å². The highest BCUT2D eigenvalue weighted by Gasteiger charge is 2.10. The van der Waals surface area contributed by atoms with Crippen LogP contribution >= 0.6 is 11.3 Å². The predicted octanol–water partition coefficient (Wildman–Crippen LogP) is 4.08. The number of carbonyl (C=O) groups is 1. The Labute approximate surface area is 151 Å². The van der Waals surface area contributed by atoms with Crippen LogP contribution in [0.2, 0.25) is 0 Å². The van der Waals surface area contributed by atoms with Crippen LogP contribution in [0.15, 0.2) is 54.6 Å². The first-order valence-electron chi connectivity index (χ1n) is 8.35. The molecule has 25 heavy (non-hydrogen) atoms. The number of aryl methyl sites for hydroxylation is 1. The Morgan fingerprint density at radius 1 is 1.12 bits per heavy atom. The molecule has 0 bridgehead atoms. The number of fused-ring (bicyclic) bond motifs is 1. The highest BCUT2D eigenvalue weighted by molar-refractivity contribution is 7.20. The van der Waals surface area contributed by atoms with Crippen LogP contribution in [0.25, 0.3) is 10.1 Å². The molecule has 3 rings (SSSR count). The van der Waals surface area contributed by atoms with Crippen molar-refractivity contribution in [3.8, 4) is 0 Å². The lowest BCUT2D eigenvalue weighted by Gasteiger charge is -2.16. The summed E-state index contributed by atoms with van der Waals surface area (Å²) >= 11 is 1.40. The van der Waals surface area contributed by atoms with Gasteiger partial charge in [-0.1, -0.05) is 42.5 Å². The standard InChI is InChI=1S/C20H22N2O2S/c1-22(11-5-8-15-6-3-2-4-7-15)14-16-9-10-17-13-19(20(23)21-24)25-18(17)12-16/h2-4,6-7,9-10,12-13,24H,5,8,11,14H2,1H3,(H,21,23). The molecule has 5 heteroatoms. The first-order chi connectivity index (χ1) is 12.2. The minimum absolute atomic E-state index is 0.458. The second kappa shape index (κ2) is 8.25. The number of benzene rings is 2. The van der Waals surface area contributed by atoms with Gasteiger partial charge in [0.15, 0.2) is 0 Å². The van der Waals surface area contributed by atoms with Crippen molar-refractivity contribution in [3.63, 3.8) is 0 Å². The summed E-state index contributed by atoms with van der Waals surface area (Å²) in [6.45, 7) is 1.92. The van der Waals surface area contributed by atoms with Crippen molar-refractivity contribution in [2.24, 2.45) is 0 Å². The summed E-state index contributed by atoms with van der Waals surface area (Å²) in [5.74, 6) is -0.458. The number of hydrogen-bond donors (Lipinski definition) is 2. The molecule has 0 unspecified atom stereocenters. The Bertz CT molecular complexity index is 845. The van der Waals surface area contributed by atoms with E-state index >= 15 is 0 Å². The van der Waals surface area contributed by atoms with Crippen LogP contribution in [-0.4, -0.2) is 29.6 Å². The second-order valence-electron chi connectivity index (χ2n) is 6.25. The normalized spacial score (nSPS) is 11.2. The third kappa shape index (κ3) is 4.66. The number of thiophene rings is 1. The van der Waals surface area contributed by atoms with Gasteiger partial charge in [0.1, 0.15) is 0 Å². The van der Waals surface area contributed by atoms with Crippen molar-refractivity contribution in [1.29, 1.82) is 0 Å². The van der Waals surface area contributed by atoms with E-state index in [1.54, 1.807) is 11.5 Å². The first kappa shape index (κ1) is 17.6. The van der Waals surface area contributed by atoms with Gasteiger partial charge in [-0.25, -0.2) is 5.48 Å². The molecule has 0 radical (unpaired) electrons. The molecule has 1 amide bonds. The largest absolute Gasteiger partial charge is 0.302 e. The van der Waals surface area contributed by atoms with Crippen LogP contribution in [0.4, 0.5) is 0 Å². The zero-order valence-corrected chi connectivity index (χ0v) is 15.1. The SMILES string of the molecule is CN(CCCc1ccccc1)Cc1ccc2cc(C(=O)NO)sc2c1. The van der Waals surface area contributed by atoms with Gasteiger partial charge in [-0.15, -0.1) is 11.3 Å². The van der Waals surface area contributed by atoms with Gasteiger partial charge in [-0.2, -0.15) is 0 Å². The average molecular weight is 354 g/mol. The number of hydroxylamine groups is 1. The Balaban J connectivity index is 1.57. The van der Waals surface area contributed by atoms with Gasteiger partial charge < -0.3 is 4.90 Å². The highest BCUT2D eigenvalue weighted by Crippen LogP contribution is 2.27. The molecular formula is C20H22N2O2S. The average Bonchev–Trinajstić information content (AvgIpc) is 3.05. The van der Waals surface area contributed by atoms with E-state index in [0.717, 1.165) is 36.0 Å². The summed E-state index contributed by atoms with van der Waals surface area (Å²) in [7, 11) is 2.13. The molecule has 0 aliphatic carbocycles. The molecule has 0 spiro atoms. The molecule has 0 aliphatic heterocycles. The van der Waals surface area contributed by atoms with Gasteiger partial charge in [0, 0.05) is 11.2 Å². The van der Waals surface area contributed by atoms with E-state index in [9.17, 15) is 4.79 Å². The molecule has 0 atom stereocenters. The third-order valence-electron chi connectivity index (χ3n) is 4.21. The van der Waals surface area contributed by atoms with Crippen LogP contribution in [-0.2, 0) is 13.0 Å². The van der Waals surface area contributed by atoms with E-state index in [4.69, 9.17) is 5.21 Å². The number of hydrogen-bond acceptors (Lipinski definition) is 4. The van der Waals surface area contributed by atoms with E-state index in [1.807, 2.05) is 12.1 Å². The van der Waals surface area contributed by atoms with Gasteiger partial charge >= 0.3 is 0 Å². The number of nitrogens with one attached hydrogen (secondary N) is 1. The van der Waals surface area contributed by atoms with E-state index in [-0.39, 0.29) is 0 Å². The minimum Gasteiger partial charge on any atom is -0.302 e. The molecule has 4 nitrogen and oxygen atoms in total. The Morgan fingerprint density at radius 2 is 1.92 bits per heavy atom. The van der Waals surface area contributed by atoms with Crippen LogP contribution in [0.3, 0.4) is 0 Å². The predicted molar refractivity (Wildman–Crippen MR) is 102 cm³/mol. The molecule has 1 heterocycles. The summed E-state index contributed by atoms with van der Waals surface area (Å²) in [5.41, 5.74) is 4.30. The van der Waals surface area contributed by atoms with Gasteiger partial charge in [0.2, 0.25) is 0 Å². The van der Waals surface area contributed by atoms with Crippen molar-refractivity contribution < 1.29 is 10.0 Å². The topological polar surface area (TPSA) is 52.6 Å². The molecule has 0 aliphatic rings. The summed E-state index contributed by atoms with van der Waals surface area (Å²) in [4.78, 5) is 14.4. The Morgan fingerprint density at radius 3 is 2.68 bits per heavy atom. The number of amides is 1. The molecule has 130 valence electrons. The van der Waals surface area contributed by atoms with E-state index in [2.05, 4.69) is 48.3 Å². The van der Waals surface area contributed by atoms with E-state index < -0.39 is 5.91 Å². The number of carbonyl (C=O) groups excluding carboxylic acids is 1. The monoisotopic (exact) mass is 354 g/mol. The van der Waals surface area contributed by atoms with Crippen molar-refractivity contribution in [2.45, 2.75) is 19.4 Å². The Kier molecular flexibility index (Phi) is 5.81. The van der Waals surface area contributed by atoms with Gasteiger partial charge in [-0.3, -0.25) is 10.0 Å². The maximum absolute atomic E-state index is 11.5. The summed E-state index contributed by atoms with van der Waals surface area (Å²) < 4.78 is 1.06.